The Morgan fingerprint density at radius 3 is 3.06 bits per heavy atom. The number of anilines is 2. The number of nitrogen functional groups attached to an aromatic ring is 1. The maximum Gasteiger partial charge on any atom is 0.0945 e. The number of rotatable bonds is 4. The smallest absolute Gasteiger partial charge is 0.0945 e. The minimum absolute atomic E-state index is 0.910. The number of nitrogens with two attached hydrogens (primary N) is 1. The molecule has 2 aromatic rings. The van der Waals surface area contributed by atoms with Crippen molar-refractivity contribution in [2.75, 3.05) is 23.7 Å². The van der Waals surface area contributed by atoms with E-state index in [1.54, 1.807) is 0 Å². The number of nitrogens with zero attached hydrogens (tertiary/aromatic N) is 3. The van der Waals surface area contributed by atoms with Gasteiger partial charge in [0.2, 0.25) is 0 Å². The first-order valence-electron chi connectivity index (χ1n) is 6.42. The molecule has 0 amide bonds. The third kappa shape index (κ3) is 2.06. The number of hydrogen-bond donors (Lipinski definition) is 1. The van der Waals surface area contributed by atoms with Gasteiger partial charge in [-0.15, -0.1) is 0 Å². The molecule has 0 unspecified atom stereocenters. The van der Waals surface area contributed by atoms with E-state index in [1.807, 2.05) is 30.9 Å². The van der Waals surface area contributed by atoms with E-state index >= 15 is 0 Å². The second kappa shape index (κ2) is 4.72. The molecule has 0 atom stereocenters. The summed E-state index contributed by atoms with van der Waals surface area (Å²) in [5, 5.41) is 0. The van der Waals surface area contributed by atoms with Gasteiger partial charge < -0.3 is 15.2 Å². The normalized spacial score (nSPS) is 13.9. The lowest BCUT2D eigenvalue weighted by Gasteiger charge is -2.20. The maximum atomic E-state index is 6.07. The van der Waals surface area contributed by atoms with E-state index in [-0.39, 0.29) is 0 Å². The first-order chi connectivity index (χ1) is 8.84. The molecule has 0 spiro atoms. The topological polar surface area (TPSA) is 47.1 Å². The van der Waals surface area contributed by atoms with Gasteiger partial charge in [0.15, 0.2) is 0 Å². The Morgan fingerprint density at radius 1 is 1.28 bits per heavy atom. The van der Waals surface area contributed by atoms with E-state index in [4.69, 9.17) is 5.73 Å². The van der Waals surface area contributed by atoms with Crippen LogP contribution in [-0.2, 0) is 13.0 Å². The average molecular weight is 242 g/mol. The van der Waals surface area contributed by atoms with Crippen LogP contribution in [0.4, 0.5) is 11.4 Å². The fraction of sp³-hybridized carbons (Fsp3) is 0.357. The van der Waals surface area contributed by atoms with E-state index < -0.39 is 0 Å². The zero-order valence-electron chi connectivity index (χ0n) is 10.4. The minimum atomic E-state index is 0.910. The Bertz CT molecular complexity index is 519. The summed E-state index contributed by atoms with van der Waals surface area (Å²) in [7, 11) is 0. The molecule has 2 N–H and O–H groups in total. The first-order valence-corrected chi connectivity index (χ1v) is 6.42. The number of benzene rings is 1. The van der Waals surface area contributed by atoms with E-state index in [9.17, 15) is 0 Å². The molecule has 1 aromatic heterocycles. The van der Waals surface area contributed by atoms with Gasteiger partial charge in [-0.05, 0) is 24.5 Å². The van der Waals surface area contributed by atoms with E-state index in [0.717, 1.165) is 38.2 Å². The molecular weight excluding hydrogens is 224 g/mol. The van der Waals surface area contributed by atoms with Crippen LogP contribution in [0.3, 0.4) is 0 Å². The Hall–Kier alpha value is -1.97. The lowest BCUT2D eigenvalue weighted by molar-refractivity contribution is 0.629. The van der Waals surface area contributed by atoms with Crippen molar-refractivity contribution in [2.45, 2.75) is 19.4 Å². The summed E-state index contributed by atoms with van der Waals surface area (Å²) >= 11 is 0. The molecule has 94 valence electrons. The van der Waals surface area contributed by atoms with Crippen LogP contribution in [0.25, 0.3) is 0 Å². The van der Waals surface area contributed by atoms with Gasteiger partial charge in [-0.2, -0.15) is 0 Å². The highest BCUT2D eigenvalue weighted by Crippen LogP contribution is 2.33. The van der Waals surface area contributed by atoms with Crippen molar-refractivity contribution in [1.82, 2.24) is 9.55 Å². The van der Waals surface area contributed by atoms with Crippen molar-refractivity contribution in [1.29, 1.82) is 0 Å². The predicted octanol–water partition coefficient (Wildman–Crippen LogP) is 1.92. The van der Waals surface area contributed by atoms with Crippen LogP contribution in [0.2, 0.25) is 0 Å². The van der Waals surface area contributed by atoms with E-state index in [2.05, 4.69) is 20.5 Å². The summed E-state index contributed by atoms with van der Waals surface area (Å²) in [5.41, 5.74) is 9.62. The highest BCUT2D eigenvalue weighted by molar-refractivity contribution is 5.74. The summed E-state index contributed by atoms with van der Waals surface area (Å²) < 4.78 is 2.12. The quantitative estimate of drug-likeness (QED) is 0.833. The third-order valence-electron chi connectivity index (χ3n) is 3.52. The molecular formula is C14H18N4. The SMILES string of the molecule is Nc1cccc2c1N(CCCn1ccnc1)CC2. The summed E-state index contributed by atoms with van der Waals surface area (Å²) in [6.45, 7) is 3.16. The Morgan fingerprint density at radius 2 is 2.22 bits per heavy atom. The number of imidazole rings is 1. The molecule has 1 aromatic carbocycles. The van der Waals surface area contributed by atoms with Crippen molar-refractivity contribution in [2.24, 2.45) is 0 Å². The second-order valence-electron chi connectivity index (χ2n) is 4.75. The van der Waals surface area contributed by atoms with Gasteiger partial charge in [0.25, 0.3) is 0 Å². The molecule has 0 radical (unpaired) electrons. The largest absolute Gasteiger partial charge is 0.397 e. The standard InChI is InChI=1S/C14H18N4/c15-13-4-1-3-12-5-9-18(14(12)13)8-2-7-17-10-6-16-11-17/h1,3-4,6,10-11H,2,5,7-9,15H2. The van der Waals surface area contributed by atoms with Gasteiger partial charge in [0.1, 0.15) is 0 Å². The Labute approximate surface area is 107 Å². The molecule has 0 bridgehead atoms. The van der Waals surface area contributed by atoms with Crippen LogP contribution in [0, 0.1) is 0 Å². The molecule has 4 heteroatoms. The number of aryl methyl sites for hydroxylation is 1. The third-order valence-corrected chi connectivity index (χ3v) is 3.52. The van der Waals surface area contributed by atoms with Crippen LogP contribution in [0.1, 0.15) is 12.0 Å². The molecule has 0 aliphatic carbocycles. The maximum absolute atomic E-state index is 6.07. The van der Waals surface area contributed by atoms with Gasteiger partial charge >= 0.3 is 0 Å². The molecule has 2 heterocycles. The molecule has 4 nitrogen and oxygen atoms in total. The fourth-order valence-electron chi connectivity index (χ4n) is 2.65. The molecule has 18 heavy (non-hydrogen) atoms. The van der Waals surface area contributed by atoms with Crippen molar-refractivity contribution >= 4 is 11.4 Å². The Balaban J connectivity index is 1.63. The zero-order valence-corrected chi connectivity index (χ0v) is 10.4. The Kier molecular flexibility index (Phi) is 2.92. The summed E-state index contributed by atoms with van der Waals surface area (Å²) in [6.07, 6.45) is 7.93. The van der Waals surface area contributed by atoms with Crippen molar-refractivity contribution in [3.05, 3.63) is 42.5 Å². The van der Waals surface area contributed by atoms with Gasteiger partial charge in [0, 0.05) is 32.0 Å². The molecule has 0 fully saturated rings. The van der Waals surface area contributed by atoms with Crippen LogP contribution in [-0.4, -0.2) is 22.6 Å². The van der Waals surface area contributed by atoms with Crippen LogP contribution < -0.4 is 10.6 Å². The molecule has 0 saturated heterocycles. The second-order valence-corrected chi connectivity index (χ2v) is 4.75. The number of para-hydroxylation sites is 1. The highest BCUT2D eigenvalue weighted by atomic mass is 15.2. The fourth-order valence-corrected chi connectivity index (χ4v) is 2.65. The van der Waals surface area contributed by atoms with Crippen LogP contribution in [0.15, 0.2) is 36.9 Å². The van der Waals surface area contributed by atoms with Crippen molar-refractivity contribution in [3.63, 3.8) is 0 Å². The van der Waals surface area contributed by atoms with Gasteiger partial charge in [0.05, 0.1) is 17.7 Å². The zero-order chi connectivity index (χ0) is 12.4. The molecule has 1 aliphatic rings. The predicted molar refractivity (Wildman–Crippen MR) is 73.6 cm³/mol. The van der Waals surface area contributed by atoms with Gasteiger partial charge in [-0.25, -0.2) is 4.98 Å². The summed E-state index contributed by atoms with van der Waals surface area (Å²) in [6, 6.07) is 6.22. The first kappa shape index (κ1) is 11.1. The molecule has 3 rings (SSSR count). The number of aromatic nitrogens is 2. The van der Waals surface area contributed by atoms with E-state index in [0.29, 0.717) is 0 Å². The molecule has 0 saturated carbocycles. The number of hydrogen-bond acceptors (Lipinski definition) is 3. The van der Waals surface area contributed by atoms with Crippen molar-refractivity contribution < 1.29 is 0 Å². The van der Waals surface area contributed by atoms with Gasteiger partial charge in [-0.3, -0.25) is 0 Å². The van der Waals surface area contributed by atoms with Crippen LogP contribution >= 0.6 is 0 Å². The minimum Gasteiger partial charge on any atom is -0.397 e. The lowest BCUT2D eigenvalue weighted by atomic mass is 10.1. The highest BCUT2D eigenvalue weighted by Gasteiger charge is 2.20. The summed E-state index contributed by atoms with van der Waals surface area (Å²) in [5.74, 6) is 0. The van der Waals surface area contributed by atoms with Gasteiger partial charge in [-0.1, -0.05) is 12.1 Å². The van der Waals surface area contributed by atoms with Crippen LogP contribution in [0.5, 0.6) is 0 Å². The lowest BCUT2D eigenvalue weighted by Crippen LogP contribution is -2.23. The number of fused-ring (bicyclic) bond motifs is 1. The average Bonchev–Trinajstić information content (AvgIpc) is 3.00. The molecule has 1 aliphatic heterocycles. The van der Waals surface area contributed by atoms with E-state index in [1.165, 1.54) is 11.3 Å². The summed E-state index contributed by atoms with van der Waals surface area (Å²) in [4.78, 5) is 6.46. The van der Waals surface area contributed by atoms with Crippen molar-refractivity contribution in [3.8, 4) is 0 Å². The monoisotopic (exact) mass is 242 g/mol.